The van der Waals surface area contributed by atoms with E-state index in [2.05, 4.69) is 32.3 Å². The lowest BCUT2D eigenvalue weighted by Crippen LogP contribution is -1.98. The van der Waals surface area contributed by atoms with Crippen molar-refractivity contribution in [3.8, 4) is 11.8 Å². The summed E-state index contributed by atoms with van der Waals surface area (Å²) < 4.78 is 3.48. The highest BCUT2D eigenvalue weighted by Crippen LogP contribution is 2.20. The van der Waals surface area contributed by atoms with Gasteiger partial charge in [-0.3, -0.25) is 4.68 Å². The summed E-state index contributed by atoms with van der Waals surface area (Å²) in [5.41, 5.74) is 5.37. The molecule has 0 radical (unpaired) electrons. The van der Waals surface area contributed by atoms with Gasteiger partial charge in [-0.1, -0.05) is 24.1 Å². The first-order valence-corrected chi connectivity index (χ1v) is 7.87. The van der Waals surface area contributed by atoms with Crippen LogP contribution in [0.3, 0.4) is 0 Å². The number of aromatic nitrogens is 5. The second-order valence-corrected chi connectivity index (χ2v) is 5.72. The lowest BCUT2D eigenvalue weighted by atomic mass is 10.1. The molecule has 0 aliphatic carbocycles. The van der Waals surface area contributed by atoms with E-state index in [1.54, 1.807) is 27.8 Å². The third-order valence-electron chi connectivity index (χ3n) is 3.86. The molecule has 3 heterocycles. The number of aryl methyl sites for hydroxylation is 2. The topological polar surface area (TPSA) is 60.0 Å². The molecule has 0 unspecified atom stereocenters. The number of hydrogen-bond donors (Lipinski definition) is 1. The number of anilines is 2. The van der Waals surface area contributed by atoms with Gasteiger partial charge in [0, 0.05) is 18.8 Å². The van der Waals surface area contributed by atoms with Crippen molar-refractivity contribution in [3.05, 3.63) is 71.9 Å². The van der Waals surface area contributed by atoms with Gasteiger partial charge in [0.15, 0.2) is 5.65 Å². The van der Waals surface area contributed by atoms with Crippen LogP contribution in [0.1, 0.15) is 16.8 Å². The van der Waals surface area contributed by atoms with Crippen LogP contribution in [0.2, 0.25) is 0 Å². The fourth-order valence-electron chi connectivity index (χ4n) is 2.56. The molecule has 1 N–H and O–H groups in total. The molecule has 25 heavy (non-hydrogen) atoms. The van der Waals surface area contributed by atoms with Gasteiger partial charge in [-0.15, -0.1) is 0 Å². The SMILES string of the molecule is Cc1ccccc1C#Cc1cnc2c(Nc3cnn(C)c3)ccnn12. The summed E-state index contributed by atoms with van der Waals surface area (Å²) in [5, 5.41) is 11.8. The first kappa shape index (κ1) is 15.0. The Morgan fingerprint density at radius 3 is 2.72 bits per heavy atom. The lowest BCUT2D eigenvalue weighted by Gasteiger charge is -2.04. The van der Waals surface area contributed by atoms with Crippen molar-refractivity contribution in [2.45, 2.75) is 6.92 Å². The fourth-order valence-corrected chi connectivity index (χ4v) is 2.56. The van der Waals surface area contributed by atoms with Crippen molar-refractivity contribution in [2.24, 2.45) is 7.05 Å². The molecule has 0 atom stereocenters. The van der Waals surface area contributed by atoms with E-state index in [0.717, 1.165) is 33.8 Å². The molecule has 122 valence electrons. The summed E-state index contributed by atoms with van der Waals surface area (Å²) in [7, 11) is 1.88. The maximum absolute atomic E-state index is 4.46. The summed E-state index contributed by atoms with van der Waals surface area (Å²) in [4.78, 5) is 4.46. The summed E-state index contributed by atoms with van der Waals surface area (Å²) >= 11 is 0. The van der Waals surface area contributed by atoms with E-state index in [-0.39, 0.29) is 0 Å². The molecule has 4 aromatic rings. The minimum atomic E-state index is 0.723. The van der Waals surface area contributed by atoms with Gasteiger partial charge >= 0.3 is 0 Å². The Hall–Kier alpha value is -3.59. The molecule has 0 fully saturated rings. The molecule has 6 heteroatoms. The first-order chi connectivity index (χ1) is 12.2. The zero-order chi connectivity index (χ0) is 17.2. The molecule has 0 amide bonds. The number of imidazole rings is 1. The highest BCUT2D eigenvalue weighted by atomic mass is 15.3. The predicted molar refractivity (Wildman–Crippen MR) is 96.6 cm³/mol. The molecule has 0 saturated heterocycles. The molecule has 1 aromatic carbocycles. The van der Waals surface area contributed by atoms with E-state index < -0.39 is 0 Å². The molecule has 0 spiro atoms. The van der Waals surface area contributed by atoms with Crippen LogP contribution < -0.4 is 5.32 Å². The number of rotatable bonds is 2. The van der Waals surface area contributed by atoms with Crippen LogP contribution in [0.5, 0.6) is 0 Å². The molecular weight excluding hydrogens is 312 g/mol. The van der Waals surface area contributed by atoms with Crippen LogP contribution in [0.4, 0.5) is 11.4 Å². The average Bonchev–Trinajstić information content (AvgIpc) is 3.21. The third kappa shape index (κ3) is 2.95. The van der Waals surface area contributed by atoms with Crippen LogP contribution >= 0.6 is 0 Å². The monoisotopic (exact) mass is 328 g/mol. The minimum absolute atomic E-state index is 0.723. The maximum Gasteiger partial charge on any atom is 0.178 e. The van der Waals surface area contributed by atoms with Gasteiger partial charge in [0.05, 0.1) is 30.0 Å². The number of benzene rings is 1. The zero-order valence-corrected chi connectivity index (χ0v) is 13.9. The van der Waals surface area contributed by atoms with E-state index >= 15 is 0 Å². The Morgan fingerprint density at radius 1 is 1.04 bits per heavy atom. The predicted octanol–water partition coefficient (Wildman–Crippen LogP) is 2.91. The van der Waals surface area contributed by atoms with Gasteiger partial charge in [0.2, 0.25) is 0 Å². The van der Waals surface area contributed by atoms with E-state index in [1.807, 2.05) is 50.5 Å². The zero-order valence-electron chi connectivity index (χ0n) is 13.9. The van der Waals surface area contributed by atoms with Gasteiger partial charge < -0.3 is 5.32 Å². The van der Waals surface area contributed by atoms with Gasteiger partial charge in [0.25, 0.3) is 0 Å². The van der Waals surface area contributed by atoms with Crippen LogP contribution in [-0.2, 0) is 7.05 Å². The van der Waals surface area contributed by atoms with E-state index in [0.29, 0.717) is 0 Å². The van der Waals surface area contributed by atoms with E-state index in [9.17, 15) is 0 Å². The molecule has 0 saturated carbocycles. The molecule has 3 aromatic heterocycles. The number of nitrogens with zero attached hydrogens (tertiary/aromatic N) is 5. The first-order valence-electron chi connectivity index (χ1n) is 7.87. The van der Waals surface area contributed by atoms with Crippen molar-refractivity contribution in [1.82, 2.24) is 24.4 Å². The molecule has 0 bridgehead atoms. The van der Waals surface area contributed by atoms with Crippen molar-refractivity contribution in [3.63, 3.8) is 0 Å². The van der Waals surface area contributed by atoms with Crippen molar-refractivity contribution in [2.75, 3.05) is 5.32 Å². The Bertz CT molecular complexity index is 1110. The largest absolute Gasteiger partial charge is 0.350 e. The van der Waals surface area contributed by atoms with E-state index in [4.69, 9.17) is 0 Å². The van der Waals surface area contributed by atoms with Crippen LogP contribution in [-0.4, -0.2) is 24.4 Å². The van der Waals surface area contributed by atoms with Gasteiger partial charge in [-0.25, -0.2) is 9.50 Å². The number of fused-ring (bicyclic) bond motifs is 1. The van der Waals surface area contributed by atoms with Crippen molar-refractivity contribution >= 4 is 17.0 Å². The normalized spacial score (nSPS) is 10.5. The van der Waals surface area contributed by atoms with Gasteiger partial charge in [-0.05, 0) is 30.5 Å². The molecule has 0 aliphatic heterocycles. The summed E-state index contributed by atoms with van der Waals surface area (Å²) in [6.07, 6.45) is 7.13. The molecular formula is C19H16N6. The Kier molecular flexibility index (Phi) is 3.67. The fraction of sp³-hybridized carbons (Fsp3) is 0.105. The van der Waals surface area contributed by atoms with Crippen LogP contribution in [0.25, 0.3) is 5.65 Å². The maximum atomic E-state index is 4.46. The van der Waals surface area contributed by atoms with Crippen LogP contribution in [0, 0.1) is 18.8 Å². The van der Waals surface area contributed by atoms with Gasteiger partial charge in [0.1, 0.15) is 5.69 Å². The third-order valence-corrected chi connectivity index (χ3v) is 3.86. The standard InChI is InChI=1S/C19H16N6/c1-14-5-3-4-6-15(14)7-8-17-12-20-19-18(9-10-21-25(17)19)23-16-11-22-24(2)13-16/h3-6,9-13,23H,1-2H3. The van der Waals surface area contributed by atoms with Crippen molar-refractivity contribution in [1.29, 1.82) is 0 Å². The Morgan fingerprint density at radius 2 is 1.92 bits per heavy atom. The minimum Gasteiger partial charge on any atom is -0.350 e. The second-order valence-electron chi connectivity index (χ2n) is 5.72. The molecule has 0 aliphatic rings. The lowest BCUT2D eigenvalue weighted by molar-refractivity contribution is 0.768. The quantitative estimate of drug-likeness (QED) is 0.575. The summed E-state index contributed by atoms with van der Waals surface area (Å²) in [6, 6.07) is 9.93. The molecule has 4 rings (SSSR count). The van der Waals surface area contributed by atoms with Crippen LogP contribution in [0.15, 0.2) is 55.1 Å². The average molecular weight is 328 g/mol. The number of hydrogen-bond acceptors (Lipinski definition) is 4. The molecule has 6 nitrogen and oxygen atoms in total. The van der Waals surface area contributed by atoms with E-state index in [1.165, 1.54) is 0 Å². The van der Waals surface area contributed by atoms with Crippen molar-refractivity contribution < 1.29 is 0 Å². The summed E-state index contributed by atoms with van der Waals surface area (Å²) in [6.45, 7) is 2.05. The summed E-state index contributed by atoms with van der Waals surface area (Å²) in [5.74, 6) is 6.36. The highest BCUT2D eigenvalue weighted by molar-refractivity contribution is 5.73. The Labute approximate surface area is 145 Å². The highest BCUT2D eigenvalue weighted by Gasteiger charge is 2.08. The smallest absolute Gasteiger partial charge is 0.178 e. The second kappa shape index (κ2) is 6.13. The van der Waals surface area contributed by atoms with Gasteiger partial charge in [-0.2, -0.15) is 10.2 Å². The Balaban J connectivity index is 1.71. The number of nitrogens with one attached hydrogen (secondary N) is 1.